The summed E-state index contributed by atoms with van der Waals surface area (Å²) in [5.41, 5.74) is 3.36. The van der Waals surface area contributed by atoms with Crippen molar-refractivity contribution in [2.45, 2.75) is 46.9 Å². The lowest BCUT2D eigenvalue weighted by molar-refractivity contribution is 0.269. The van der Waals surface area contributed by atoms with Crippen molar-refractivity contribution >= 4 is 21.9 Å². The summed E-state index contributed by atoms with van der Waals surface area (Å²) in [5.74, 6) is 2.07. The molecule has 0 bridgehead atoms. The molecule has 8 heteroatoms. The van der Waals surface area contributed by atoms with E-state index in [1.165, 1.54) is 5.56 Å². The van der Waals surface area contributed by atoms with Gasteiger partial charge >= 0.3 is 0 Å². The van der Waals surface area contributed by atoms with E-state index < -0.39 is 0 Å². The Morgan fingerprint density at radius 1 is 1.10 bits per heavy atom. The lowest BCUT2D eigenvalue weighted by Gasteiger charge is -2.16. The molecular weight excluding hydrogens is 434 g/mol. The van der Waals surface area contributed by atoms with Crippen molar-refractivity contribution in [3.05, 3.63) is 57.6 Å². The Labute approximate surface area is 179 Å². The third kappa shape index (κ3) is 5.69. The van der Waals surface area contributed by atoms with E-state index in [1.807, 2.05) is 25.1 Å². The second kappa shape index (κ2) is 10.2. The molecule has 1 N–H and O–H groups in total. The van der Waals surface area contributed by atoms with Crippen molar-refractivity contribution in [1.82, 2.24) is 20.2 Å². The zero-order valence-electron chi connectivity index (χ0n) is 17.0. The maximum Gasteiger partial charge on any atom is 0.243 e. The Morgan fingerprint density at radius 2 is 1.93 bits per heavy atom. The molecule has 0 saturated carbocycles. The summed E-state index contributed by atoms with van der Waals surface area (Å²) in [5, 5.41) is 15.1. The molecule has 0 radical (unpaired) electrons. The first-order valence-corrected chi connectivity index (χ1v) is 10.5. The predicted molar refractivity (Wildman–Crippen MR) is 116 cm³/mol. The topological polar surface area (TPSA) is 74.1 Å². The minimum Gasteiger partial charge on any atom is -0.490 e. The zero-order valence-corrected chi connectivity index (χ0v) is 18.6. The number of nitrogens with zero attached hydrogens (tertiary/aromatic N) is 4. The lowest BCUT2D eigenvalue weighted by atomic mass is 10.1. The summed E-state index contributed by atoms with van der Waals surface area (Å²) in [6, 6.07) is 12.2. The summed E-state index contributed by atoms with van der Waals surface area (Å²) in [7, 11) is 0. The van der Waals surface area contributed by atoms with Crippen molar-refractivity contribution in [3.8, 4) is 11.5 Å². The zero-order chi connectivity index (χ0) is 20.6. The second-order valence-electron chi connectivity index (χ2n) is 6.68. The van der Waals surface area contributed by atoms with Crippen LogP contribution in [0.5, 0.6) is 11.5 Å². The number of anilines is 1. The minimum absolute atomic E-state index is 0.484. The Balaban J connectivity index is 1.73. The van der Waals surface area contributed by atoms with E-state index in [0.29, 0.717) is 37.2 Å². The molecule has 0 aliphatic rings. The van der Waals surface area contributed by atoms with Crippen LogP contribution in [0.4, 0.5) is 5.95 Å². The van der Waals surface area contributed by atoms with Crippen LogP contribution >= 0.6 is 15.9 Å². The van der Waals surface area contributed by atoms with Gasteiger partial charge in [-0.05, 0) is 54.0 Å². The highest BCUT2D eigenvalue weighted by molar-refractivity contribution is 9.10. The summed E-state index contributed by atoms with van der Waals surface area (Å²) >= 11 is 3.65. The van der Waals surface area contributed by atoms with E-state index >= 15 is 0 Å². The molecule has 0 atom stereocenters. The average molecular weight is 460 g/mol. The maximum atomic E-state index is 6.06. The first-order valence-electron chi connectivity index (χ1n) is 9.74. The number of nitrogens with one attached hydrogen (secondary N) is 1. The molecule has 0 amide bonds. The third-order valence-corrected chi connectivity index (χ3v) is 5.03. The van der Waals surface area contributed by atoms with Gasteiger partial charge < -0.3 is 14.8 Å². The smallest absolute Gasteiger partial charge is 0.243 e. The van der Waals surface area contributed by atoms with Gasteiger partial charge in [-0.2, -0.15) is 0 Å². The minimum atomic E-state index is 0.484. The maximum absolute atomic E-state index is 6.06. The van der Waals surface area contributed by atoms with Crippen molar-refractivity contribution in [2.24, 2.45) is 0 Å². The third-order valence-electron chi connectivity index (χ3n) is 4.29. The van der Waals surface area contributed by atoms with Crippen molar-refractivity contribution < 1.29 is 9.47 Å². The average Bonchev–Trinajstić information content (AvgIpc) is 3.14. The molecule has 3 aromatic rings. The number of ether oxygens (including phenoxy) is 2. The molecule has 0 fully saturated rings. The molecule has 154 valence electrons. The summed E-state index contributed by atoms with van der Waals surface area (Å²) in [6.45, 7) is 8.50. The Hall–Kier alpha value is -2.61. The van der Waals surface area contributed by atoms with Crippen LogP contribution in [0.1, 0.15) is 37.0 Å². The van der Waals surface area contributed by atoms with Gasteiger partial charge in [-0.15, -0.1) is 0 Å². The molecule has 0 aliphatic carbocycles. The number of hydrogen-bond donors (Lipinski definition) is 1. The highest BCUT2D eigenvalue weighted by atomic mass is 79.9. The van der Waals surface area contributed by atoms with Crippen LogP contribution in [0.15, 0.2) is 40.9 Å². The van der Waals surface area contributed by atoms with Crippen LogP contribution < -0.4 is 14.8 Å². The predicted octanol–water partition coefficient (Wildman–Crippen LogP) is 4.74. The first kappa shape index (κ1) is 21.1. The number of rotatable bonds is 10. The van der Waals surface area contributed by atoms with Crippen molar-refractivity contribution in [1.29, 1.82) is 0 Å². The van der Waals surface area contributed by atoms with Crippen LogP contribution in [0, 0.1) is 6.92 Å². The standard InChI is InChI=1S/C21H26BrN5O2/c1-4-9-27-21(24-25-26-27)23-13-17-11-19(28-5-2)20(12-18(17)22)29-14-16-8-6-7-15(3)10-16/h6-8,10-12H,4-5,9,13-14H2,1-3H3,(H,23,24,26). The quantitative estimate of drug-likeness (QED) is 0.471. The largest absolute Gasteiger partial charge is 0.490 e. The number of tetrazole rings is 1. The monoisotopic (exact) mass is 459 g/mol. The van der Waals surface area contributed by atoms with E-state index in [0.717, 1.165) is 28.6 Å². The molecule has 7 nitrogen and oxygen atoms in total. The van der Waals surface area contributed by atoms with Crippen LogP contribution in [-0.4, -0.2) is 26.8 Å². The summed E-state index contributed by atoms with van der Waals surface area (Å²) < 4.78 is 14.6. The van der Waals surface area contributed by atoms with E-state index in [-0.39, 0.29) is 0 Å². The van der Waals surface area contributed by atoms with Crippen LogP contribution in [0.3, 0.4) is 0 Å². The Morgan fingerprint density at radius 3 is 2.69 bits per heavy atom. The lowest BCUT2D eigenvalue weighted by Crippen LogP contribution is -2.09. The van der Waals surface area contributed by atoms with Gasteiger partial charge in [0.25, 0.3) is 0 Å². The molecule has 2 aromatic carbocycles. The Kier molecular flexibility index (Phi) is 7.46. The molecule has 1 aromatic heterocycles. The van der Waals surface area contributed by atoms with Crippen molar-refractivity contribution in [2.75, 3.05) is 11.9 Å². The number of aryl methyl sites for hydroxylation is 2. The fourth-order valence-electron chi connectivity index (χ4n) is 2.92. The van der Waals surface area contributed by atoms with E-state index in [4.69, 9.17) is 9.47 Å². The molecular formula is C21H26BrN5O2. The van der Waals surface area contributed by atoms with E-state index in [1.54, 1.807) is 4.68 Å². The Bertz CT molecular complexity index is 945. The SMILES string of the molecule is CCCn1nnnc1NCc1cc(OCC)c(OCc2cccc(C)c2)cc1Br. The van der Waals surface area contributed by atoms with Gasteiger partial charge in [0.15, 0.2) is 11.5 Å². The molecule has 0 saturated heterocycles. The first-order chi connectivity index (χ1) is 14.1. The van der Waals surface area contributed by atoms with Gasteiger partial charge in [-0.1, -0.05) is 57.8 Å². The number of halogens is 1. The van der Waals surface area contributed by atoms with Crippen LogP contribution in [0.25, 0.3) is 0 Å². The highest BCUT2D eigenvalue weighted by Crippen LogP contribution is 2.34. The second-order valence-corrected chi connectivity index (χ2v) is 7.53. The summed E-state index contributed by atoms with van der Waals surface area (Å²) in [6.07, 6.45) is 0.963. The van der Waals surface area contributed by atoms with Gasteiger partial charge in [-0.25, -0.2) is 4.68 Å². The summed E-state index contributed by atoms with van der Waals surface area (Å²) in [4.78, 5) is 0. The van der Waals surface area contributed by atoms with E-state index in [2.05, 4.69) is 68.8 Å². The molecule has 0 aliphatic heterocycles. The van der Waals surface area contributed by atoms with Gasteiger partial charge in [0.05, 0.1) is 6.61 Å². The normalized spacial score (nSPS) is 10.8. The van der Waals surface area contributed by atoms with Gasteiger partial charge in [0.1, 0.15) is 6.61 Å². The van der Waals surface area contributed by atoms with Crippen LogP contribution in [0.2, 0.25) is 0 Å². The molecule has 1 heterocycles. The molecule has 0 unspecified atom stereocenters. The fourth-order valence-corrected chi connectivity index (χ4v) is 3.39. The van der Waals surface area contributed by atoms with Gasteiger partial charge in [-0.3, -0.25) is 0 Å². The fraction of sp³-hybridized carbons (Fsp3) is 0.381. The number of benzene rings is 2. The van der Waals surface area contributed by atoms with E-state index in [9.17, 15) is 0 Å². The van der Waals surface area contributed by atoms with Crippen LogP contribution in [-0.2, 0) is 19.7 Å². The van der Waals surface area contributed by atoms with Gasteiger partial charge in [0, 0.05) is 17.6 Å². The van der Waals surface area contributed by atoms with Crippen molar-refractivity contribution in [3.63, 3.8) is 0 Å². The highest BCUT2D eigenvalue weighted by Gasteiger charge is 2.13. The molecule has 3 rings (SSSR count). The van der Waals surface area contributed by atoms with Gasteiger partial charge in [0.2, 0.25) is 5.95 Å². The number of hydrogen-bond acceptors (Lipinski definition) is 6. The number of aromatic nitrogens is 4. The molecule has 29 heavy (non-hydrogen) atoms. The molecule has 0 spiro atoms.